The smallest absolute Gasteiger partial charge is 0.255 e. The molecule has 0 aliphatic heterocycles. The van der Waals surface area contributed by atoms with Gasteiger partial charge in [-0.25, -0.2) is 9.50 Å². The number of hydrogen-bond donors (Lipinski definition) is 0. The van der Waals surface area contributed by atoms with Crippen LogP contribution in [0.25, 0.3) is 17.2 Å². The summed E-state index contributed by atoms with van der Waals surface area (Å²) in [6, 6.07) is 7.48. The maximum atomic E-state index is 12.5. The first-order valence-corrected chi connectivity index (χ1v) is 7.64. The summed E-state index contributed by atoms with van der Waals surface area (Å²) in [4.78, 5) is 23.0. The molecule has 0 saturated carbocycles. The molecule has 118 valence electrons. The van der Waals surface area contributed by atoms with Crippen LogP contribution in [-0.4, -0.2) is 44.0 Å². The Morgan fingerprint density at radius 3 is 2.87 bits per heavy atom. The van der Waals surface area contributed by atoms with Crippen LogP contribution in [0.3, 0.4) is 0 Å². The predicted molar refractivity (Wildman–Crippen MR) is 88.2 cm³/mol. The molecule has 3 aromatic rings. The Morgan fingerprint density at radius 2 is 2.17 bits per heavy atom. The molecule has 3 aromatic heterocycles. The van der Waals surface area contributed by atoms with Crippen LogP contribution in [0.5, 0.6) is 0 Å². The third-order valence-electron chi connectivity index (χ3n) is 3.66. The lowest BCUT2D eigenvalue weighted by molar-refractivity contribution is 0.0794. The second kappa shape index (κ2) is 6.16. The lowest BCUT2D eigenvalue weighted by Crippen LogP contribution is -2.27. The highest BCUT2D eigenvalue weighted by Gasteiger charge is 2.15. The van der Waals surface area contributed by atoms with Crippen LogP contribution in [0.4, 0.5) is 0 Å². The maximum Gasteiger partial charge on any atom is 0.255 e. The molecule has 0 radical (unpaired) electrons. The standard InChI is InChI=1S/C17H19N5O/c1-4-9-21(3)17(23)13-10-12(2)16-19-15(20-22(16)11-13)14-7-5-6-8-18-14/h5-8,10-11H,4,9H2,1-3H3. The fourth-order valence-electron chi connectivity index (χ4n) is 2.53. The zero-order valence-corrected chi connectivity index (χ0v) is 13.5. The minimum atomic E-state index is -0.00765. The van der Waals surface area contributed by atoms with Gasteiger partial charge in [-0.05, 0) is 37.1 Å². The van der Waals surface area contributed by atoms with Crippen molar-refractivity contribution < 1.29 is 4.79 Å². The van der Waals surface area contributed by atoms with Gasteiger partial charge >= 0.3 is 0 Å². The van der Waals surface area contributed by atoms with E-state index in [1.807, 2.05) is 38.2 Å². The van der Waals surface area contributed by atoms with Crippen LogP contribution in [0.1, 0.15) is 29.3 Å². The topological polar surface area (TPSA) is 63.4 Å². The van der Waals surface area contributed by atoms with Crippen molar-refractivity contribution >= 4 is 11.6 Å². The Labute approximate surface area is 134 Å². The summed E-state index contributed by atoms with van der Waals surface area (Å²) < 4.78 is 1.66. The number of hydrogen-bond acceptors (Lipinski definition) is 4. The summed E-state index contributed by atoms with van der Waals surface area (Å²) in [6.07, 6.45) is 4.37. The average Bonchev–Trinajstić information content (AvgIpc) is 3.00. The molecule has 0 spiro atoms. The van der Waals surface area contributed by atoms with E-state index in [2.05, 4.69) is 22.0 Å². The van der Waals surface area contributed by atoms with Gasteiger partial charge in [0.05, 0.1) is 5.56 Å². The molecule has 23 heavy (non-hydrogen) atoms. The largest absolute Gasteiger partial charge is 0.342 e. The number of rotatable bonds is 4. The molecule has 0 unspecified atom stereocenters. The van der Waals surface area contributed by atoms with Crippen molar-refractivity contribution in [2.75, 3.05) is 13.6 Å². The lowest BCUT2D eigenvalue weighted by Gasteiger charge is -2.16. The molecule has 0 atom stereocenters. The van der Waals surface area contributed by atoms with Crippen LogP contribution < -0.4 is 0 Å². The molecule has 0 aliphatic rings. The quantitative estimate of drug-likeness (QED) is 0.743. The Bertz CT molecular complexity index is 841. The third kappa shape index (κ3) is 2.92. The van der Waals surface area contributed by atoms with Gasteiger partial charge in [0.1, 0.15) is 5.69 Å². The van der Waals surface area contributed by atoms with E-state index in [-0.39, 0.29) is 5.91 Å². The predicted octanol–water partition coefficient (Wildman–Crippen LogP) is 2.58. The van der Waals surface area contributed by atoms with Gasteiger partial charge in [0, 0.05) is 26.0 Å². The van der Waals surface area contributed by atoms with Gasteiger partial charge in [-0.1, -0.05) is 13.0 Å². The summed E-state index contributed by atoms with van der Waals surface area (Å²) in [5.74, 6) is 0.548. The molecule has 0 N–H and O–H groups in total. The summed E-state index contributed by atoms with van der Waals surface area (Å²) in [5, 5.41) is 4.46. The van der Waals surface area contributed by atoms with E-state index in [1.165, 1.54) is 0 Å². The number of fused-ring (bicyclic) bond motifs is 1. The first-order chi connectivity index (χ1) is 11.1. The van der Waals surface area contributed by atoms with Crippen molar-refractivity contribution in [1.29, 1.82) is 0 Å². The van der Waals surface area contributed by atoms with Gasteiger partial charge < -0.3 is 4.90 Å². The monoisotopic (exact) mass is 309 g/mol. The van der Waals surface area contributed by atoms with E-state index in [4.69, 9.17) is 0 Å². The molecule has 0 bridgehead atoms. The lowest BCUT2D eigenvalue weighted by atomic mass is 10.2. The minimum absolute atomic E-state index is 0.00765. The minimum Gasteiger partial charge on any atom is -0.342 e. The van der Waals surface area contributed by atoms with E-state index in [0.717, 1.165) is 24.2 Å². The van der Waals surface area contributed by atoms with Crippen LogP contribution in [0.2, 0.25) is 0 Å². The second-order valence-corrected chi connectivity index (χ2v) is 5.56. The Balaban J connectivity index is 2.03. The van der Waals surface area contributed by atoms with Gasteiger partial charge in [0.2, 0.25) is 5.82 Å². The average molecular weight is 309 g/mol. The molecule has 0 aliphatic carbocycles. The Kier molecular flexibility index (Phi) is 4.06. The molecule has 6 heteroatoms. The summed E-state index contributed by atoms with van der Waals surface area (Å²) >= 11 is 0. The van der Waals surface area contributed by atoms with Crippen molar-refractivity contribution in [3.63, 3.8) is 0 Å². The number of aromatic nitrogens is 4. The number of nitrogens with zero attached hydrogens (tertiary/aromatic N) is 5. The van der Waals surface area contributed by atoms with Gasteiger partial charge in [-0.2, -0.15) is 0 Å². The van der Waals surface area contributed by atoms with E-state index in [1.54, 1.807) is 21.8 Å². The fourth-order valence-corrected chi connectivity index (χ4v) is 2.53. The summed E-state index contributed by atoms with van der Waals surface area (Å²) in [6.45, 7) is 4.71. The van der Waals surface area contributed by atoms with Gasteiger partial charge in [-0.15, -0.1) is 5.10 Å². The first-order valence-electron chi connectivity index (χ1n) is 7.64. The second-order valence-electron chi connectivity index (χ2n) is 5.56. The van der Waals surface area contributed by atoms with E-state index >= 15 is 0 Å². The van der Waals surface area contributed by atoms with Crippen molar-refractivity contribution in [2.45, 2.75) is 20.3 Å². The highest BCUT2D eigenvalue weighted by atomic mass is 16.2. The van der Waals surface area contributed by atoms with E-state index in [9.17, 15) is 4.79 Å². The first kappa shape index (κ1) is 15.1. The van der Waals surface area contributed by atoms with Crippen molar-refractivity contribution in [3.05, 3.63) is 47.8 Å². The highest BCUT2D eigenvalue weighted by Crippen LogP contribution is 2.17. The zero-order chi connectivity index (χ0) is 16.4. The van der Waals surface area contributed by atoms with Crippen LogP contribution in [0.15, 0.2) is 36.7 Å². The zero-order valence-electron chi connectivity index (χ0n) is 13.5. The molecule has 1 amide bonds. The number of pyridine rings is 2. The number of carbonyl (C=O) groups is 1. The van der Waals surface area contributed by atoms with Crippen molar-refractivity contribution in [2.24, 2.45) is 0 Å². The molecule has 6 nitrogen and oxygen atoms in total. The highest BCUT2D eigenvalue weighted by molar-refractivity contribution is 5.94. The Morgan fingerprint density at radius 1 is 1.35 bits per heavy atom. The van der Waals surface area contributed by atoms with Crippen LogP contribution >= 0.6 is 0 Å². The number of aryl methyl sites for hydroxylation is 1. The van der Waals surface area contributed by atoms with Gasteiger partial charge in [-0.3, -0.25) is 9.78 Å². The van der Waals surface area contributed by atoms with Gasteiger partial charge in [0.25, 0.3) is 5.91 Å². The van der Waals surface area contributed by atoms with Crippen molar-refractivity contribution in [1.82, 2.24) is 24.5 Å². The van der Waals surface area contributed by atoms with Crippen molar-refractivity contribution in [3.8, 4) is 11.5 Å². The third-order valence-corrected chi connectivity index (χ3v) is 3.66. The molecule has 0 saturated heterocycles. The Hall–Kier alpha value is -2.76. The molecule has 3 heterocycles. The summed E-state index contributed by atoms with van der Waals surface area (Å²) in [7, 11) is 1.81. The van der Waals surface area contributed by atoms with Crippen LogP contribution in [0, 0.1) is 6.92 Å². The fraction of sp³-hybridized carbons (Fsp3) is 0.294. The summed E-state index contributed by atoms with van der Waals surface area (Å²) in [5.41, 5.74) is 2.98. The molecular weight excluding hydrogens is 290 g/mol. The van der Waals surface area contributed by atoms with Gasteiger partial charge in [0.15, 0.2) is 5.65 Å². The maximum absolute atomic E-state index is 12.5. The van der Waals surface area contributed by atoms with E-state index in [0.29, 0.717) is 17.1 Å². The number of amides is 1. The normalized spacial score (nSPS) is 10.9. The molecule has 0 aromatic carbocycles. The number of carbonyl (C=O) groups excluding carboxylic acids is 1. The molecule has 0 fully saturated rings. The molecular formula is C17H19N5O. The SMILES string of the molecule is CCCN(C)C(=O)c1cc(C)c2nc(-c3ccccn3)nn2c1. The van der Waals surface area contributed by atoms with Crippen LogP contribution in [-0.2, 0) is 0 Å². The van der Waals surface area contributed by atoms with E-state index < -0.39 is 0 Å². The molecule has 3 rings (SSSR count).